The number of alkyl halides is 3. The van der Waals surface area contributed by atoms with Crippen LogP contribution in [0, 0.1) is 17.3 Å². The molecular formula is C22H29F3N4O4. The van der Waals surface area contributed by atoms with Crippen molar-refractivity contribution >= 4 is 23.6 Å². The Labute approximate surface area is 190 Å². The lowest BCUT2D eigenvalue weighted by molar-refractivity contribution is -0.192. The number of carbonyl (C=O) groups is 3. The maximum atomic E-state index is 13.3. The second-order valence-corrected chi connectivity index (χ2v) is 8.95. The van der Waals surface area contributed by atoms with Crippen LogP contribution in [0.2, 0.25) is 0 Å². The zero-order valence-electron chi connectivity index (χ0n) is 18.5. The third-order valence-corrected chi connectivity index (χ3v) is 6.55. The number of halogens is 3. The summed E-state index contributed by atoms with van der Waals surface area (Å²) in [5, 5.41) is 10.4. The minimum atomic E-state index is -5.08. The van der Waals surface area contributed by atoms with Crippen molar-refractivity contribution in [2.24, 2.45) is 17.3 Å². The van der Waals surface area contributed by atoms with Crippen LogP contribution in [0.4, 0.5) is 19.0 Å². The van der Waals surface area contributed by atoms with Gasteiger partial charge in [-0.05, 0) is 43.7 Å². The molecule has 2 aliphatic heterocycles. The number of rotatable bonds is 4. The molecule has 182 valence electrons. The van der Waals surface area contributed by atoms with E-state index in [-0.39, 0.29) is 17.7 Å². The number of likely N-dealkylation sites (tertiary alicyclic amines) is 1. The van der Waals surface area contributed by atoms with E-state index in [9.17, 15) is 22.8 Å². The molecule has 3 heterocycles. The van der Waals surface area contributed by atoms with Gasteiger partial charge in [0.05, 0.1) is 5.41 Å². The average molecular weight is 470 g/mol. The molecule has 2 atom stereocenters. The molecule has 2 saturated heterocycles. The molecule has 33 heavy (non-hydrogen) atoms. The van der Waals surface area contributed by atoms with E-state index in [1.54, 1.807) is 13.1 Å². The number of fused-ring (bicyclic) bond motifs is 1. The van der Waals surface area contributed by atoms with E-state index in [1.165, 1.54) is 12.8 Å². The summed E-state index contributed by atoms with van der Waals surface area (Å²) in [4.78, 5) is 42.8. The molecule has 0 radical (unpaired) electrons. The van der Waals surface area contributed by atoms with E-state index in [2.05, 4.69) is 15.2 Å². The lowest BCUT2D eigenvalue weighted by Crippen LogP contribution is -2.48. The fourth-order valence-electron chi connectivity index (χ4n) is 4.54. The lowest BCUT2D eigenvalue weighted by atomic mass is 9.74. The first-order valence-electron chi connectivity index (χ1n) is 11.0. The van der Waals surface area contributed by atoms with Gasteiger partial charge in [-0.3, -0.25) is 9.59 Å². The topological polar surface area (TPSA) is 103 Å². The first-order valence-corrected chi connectivity index (χ1v) is 11.0. The molecule has 0 bridgehead atoms. The number of aromatic nitrogens is 1. The number of anilines is 1. The van der Waals surface area contributed by atoms with Gasteiger partial charge in [0, 0.05) is 51.8 Å². The number of carboxylic acids is 1. The highest BCUT2D eigenvalue weighted by Gasteiger charge is 2.53. The van der Waals surface area contributed by atoms with Gasteiger partial charge in [0.25, 0.3) is 0 Å². The molecule has 0 spiro atoms. The van der Waals surface area contributed by atoms with Crippen LogP contribution in [0.1, 0.15) is 32.6 Å². The molecule has 1 aliphatic carbocycles. The summed E-state index contributed by atoms with van der Waals surface area (Å²) >= 11 is 0. The monoisotopic (exact) mass is 470 g/mol. The fourth-order valence-corrected chi connectivity index (χ4v) is 4.54. The Balaban J connectivity index is 0.000000383. The van der Waals surface area contributed by atoms with Crippen LogP contribution in [0.25, 0.3) is 0 Å². The van der Waals surface area contributed by atoms with E-state index in [1.807, 2.05) is 23.1 Å². The summed E-state index contributed by atoms with van der Waals surface area (Å²) in [6.07, 6.45) is 0.888. The molecule has 1 aromatic heterocycles. The number of carbonyl (C=O) groups excluding carboxylic acids is 2. The average Bonchev–Trinajstić information content (AvgIpc) is 3.55. The molecule has 1 aromatic rings. The molecule has 0 aromatic carbocycles. The Hall–Kier alpha value is -2.85. The van der Waals surface area contributed by atoms with E-state index >= 15 is 0 Å². The third-order valence-electron chi connectivity index (χ3n) is 6.55. The van der Waals surface area contributed by atoms with Crippen LogP contribution in [0.3, 0.4) is 0 Å². The predicted octanol–water partition coefficient (Wildman–Crippen LogP) is 2.31. The van der Waals surface area contributed by atoms with Crippen molar-refractivity contribution in [3.05, 3.63) is 24.4 Å². The van der Waals surface area contributed by atoms with Crippen molar-refractivity contribution in [3.63, 3.8) is 0 Å². The summed E-state index contributed by atoms with van der Waals surface area (Å²) in [5.74, 6) is -0.734. The van der Waals surface area contributed by atoms with Gasteiger partial charge in [0.2, 0.25) is 11.8 Å². The van der Waals surface area contributed by atoms with E-state index in [0.717, 1.165) is 38.3 Å². The van der Waals surface area contributed by atoms with Crippen LogP contribution < -0.4 is 10.2 Å². The van der Waals surface area contributed by atoms with Crippen molar-refractivity contribution in [2.75, 3.05) is 37.6 Å². The molecule has 3 aliphatic rings. The smallest absolute Gasteiger partial charge is 0.475 e. The number of hydrogen-bond acceptors (Lipinski definition) is 5. The summed E-state index contributed by atoms with van der Waals surface area (Å²) in [5.41, 5.74) is -0.420. The van der Waals surface area contributed by atoms with Gasteiger partial charge < -0.3 is 20.2 Å². The standard InChI is InChI=1S/C20H28N4O2.C2HF3O2/c1-15(25)23-10-4-8-20(19(26)22-11-16-6-7-16)14-24(13-17(20)12-23)18-5-2-3-9-21-18;3-2(4,5)1(6)7/h2-3,5,9,16-17H,4,6-8,10-14H2,1H3,(H,22,26);(H,6,7)/t17-,20-;/m0./s1. The van der Waals surface area contributed by atoms with Crippen molar-refractivity contribution in [2.45, 2.75) is 38.8 Å². The van der Waals surface area contributed by atoms with E-state index < -0.39 is 17.6 Å². The number of carboxylic acid groups (broad SMARTS) is 1. The van der Waals surface area contributed by atoms with E-state index in [4.69, 9.17) is 9.90 Å². The van der Waals surface area contributed by atoms with Crippen molar-refractivity contribution in [3.8, 4) is 0 Å². The summed E-state index contributed by atoms with van der Waals surface area (Å²) in [6, 6.07) is 5.90. The first-order chi connectivity index (χ1) is 15.5. The van der Waals surface area contributed by atoms with Gasteiger partial charge in [-0.25, -0.2) is 9.78 Å². The van der Waals surface area contributed by atoms with Crippen LogP contribution in [0.5, 0.6) is 0 Å². The summed E-state index contributed by atoms with van der Waals surface area (Å²) in [6.45, 7) is 5.32. The SMILES string of the molecule is CC(=O)N1CCC[C@]2(C(=O)NCC3CC3)CN(c3ccccn3)C[C@@H]2C1.O=C(O)C(F)(F)F. The summed E-state index contributed by atoms with van der Waals surface area (Å²) < 4.78 is 31.7. The molecule has 2 amide bonds. The minimum absolute atomic E-state index is 0.107. The van der Waals surface area contributed by atoms with Crippen molar-refractivity contribution in [1.82, 2.24) is 15.2 Å². The number of hydrogen-bond donors (Lipinski definition) is 2. The second-order valence-electron chi connectivity index (χ2n) is 8.95. The van der Waals surface area contributed by atoms with Crippen LogP contribution in [-0.4, -0.2) is 71.7 Å². The zero-order valence-corrected chi connectivity index (χ0v) is 18.5. The van der Waals surface area contributed by atoms with Gasteiger partial charge >= 0.3 is 12.1 Å². The van der Waals surface area contributed by atoms with Gasteiger partial charge in [-0.15, -0.1) is 0 Å². The number of nitrogens with one attached hydrogen (secondary N) is 1. The maximum absolute atomic E-state index is 13.3. The van der Waals surface area contributed by atoms with Gasteiger partial charge in [-0.2, -0.15) is 13.2 Å². The quantitative estimate of drug-likeness (QED) is 0.700. The largest absolute Gasteiger partial charge is 0.490 e. The van der Waals surface area contributed by atoms with Crippen molar-refractivity contribution in [1.29, 1.82) is 0 Å². The molecule has 8 nitrogen and oxygen atoms in total. The Morgan fingerprint density at radius 1 is 1.24 bits per heavy atom. The van der Waals surface area contributed by atoms with Gasteiger partial charge in [-0.1, -0.05) is 6.07 Å². The minimum Gasteiger partial charge on any atom is -0.475 e. The number of amides is 2. The maximum Gasteiger partial charge on any atom is 0.490 e. The highest BCUT2D eigenvalue weighted by Crippen LogP contribution is 2.44. The zero-order chi connectivity index (χ0) is 24.2. The Morgan fingerprint density at radius 3 is 2.48 bits per heavy atom. The first kappa shape index (κ1) is 24.8. The van der Waals surface area contributed by atoms with Crippen LogP contribution in [0.15, 0.2) is 24.4 Å². The third kappa shape index (κ3) is 6.14. The molecule has 11 heteroatoms. The molecular weight excluding hydrogens is 441 g/mol. The van der Waals surface area contributed by atoms with Crippen LogP contribution >= 0.6 is 0 Å². The number of pyridine rings is 1. The molecule has 0 unspecified atom stereocenters. The molecule has 3 fully saturated rings. The number of aliphatic carboxylic acids is 1. The second kappa shape index (κ2) is 9.96. The van der Waals surface area contributed by atoms with Crippen LogP contribution in [-0.2, 0) is 14.4 Å². The Morgan fingerprint density at radius 2 is 1.94 bits per heavy atom. The fraction of sp³-hybridized carbons (Fsp3) is 0.636. The highest BCUT2D eigenvalue weighted by molar-refractivity contribution is 5.85. The van der Waals surface area contributed by atoms with Crippen molar-refractivity contribution < 1.29 is 32.7 Å². The normalized spacial score (nSPS) is 24.8. The highest BCUT2D eigenvalue weighted by atomic mass is 19.4. The predicted molar refractivity (Wildman–Crippen MR) is 113 cm³/mol. The Bertz CT molecular complexity index is 863. The molecule has 2 N–H and O–H groups in total. The number of nitrogens with zero attached hydrogens (tertiary/aromatic N) is 3. The lowest BCUT2D eigenvalue weighted by Gasteiger charge is -2.32. The molecule has 4 rings (SSSR count). The van der Waals surface area contributed by atoms with E-state index in [0.29, 0.717) is 19.0 Å². The van der Waals surface area contributed by atoms with Gasteiger partial charge in [0.1, 0.15) is 5.82 Å². The molecule has 1 saturated carbocycles. The van der Waals surface area contributed by atoms with Gasteiger partial charge in [0.15, 0.2) is 0 Å². The summed E-state index contributed by atoms with van der Waals surface area (Å²) in [7, 11) is 0. The Kier molecular flexibility index (Phi) is 7.48.